The highest BCUT2D eigenvalue weighted by molar-refractivity contribution is 5.98. The van der Waals surface area contributed by atoms with Gasteiger partial charge in [0.1, 0.15) is 0 Å². The summed E-state index contributed by atoms with van der Waals surface area (Å²) >= 11 is 0. The second-order valence-electron chi connectivity index (χ2n) is 3.68. The number of amides is 1. The molecule has 0 unspecified atom stereocenters. The predicted octanol–water partition coefficient (Wildman–Crippen LogP) is 2.26. The van der Waals surface area contributed by atoms with Crippen molar-refractivity contribution >= 4 is 5.91 Å². The lowest BCUT2D eigenvalue weighted by Crippen LogP contribution is -2.18. The first-order chi connectivity index (χ1) is 8.89. The number of alkyl halides is 3. The van der Waals surface area contributed by atoms with E-state index >= 15 is 0 Å². The van der Waals surface area contributed by atoms with Crippen LogP contribution in [0.5, 0.6) is 0 Å². The number of nitrogens with two attached hydrogens (primary N) is 1. The van der Waals surface area contributed by atoms with Gasteiger partial charge in [-0.2, -0.15) is 13.2 Å². The lowest BCUT2D eigenvalue weighted by Gasteiger charge is -2.09. The molecule has 98 valence electrons. The number of carbonyl (C=O) groups is 1. The zero-order valence-electron chi connectivity index (χ0n) is 9.48. The summed E-state index contributed by atoms with van der Waals surface area (Å²) in [6.07, 6.45) is -3.89. The zero-order chi connectivity index (χ0) is 14.0. The van der Waals surface area contributed by atoms with Gasteiger partial charge in [-0.05, 0) is 0 Å². The van der Waals surface area contributed by atoms with E-state index in [9.17, 15) is 18.0 Å². The summed E-state index contributed by atoms with van der Waals surface area (Å²) in [4.78, 5) is 17.7. The van der Waals surface area contributed by atoms with Gasteiger partial charge in [-0.1, -0.05) is 30.3 Å². The Bertz CT molecular complexity index is 611. The first-order valence-corrected chi connectivity index (χ1v) is 5.19. The van der Waals surface area contributed by atoms with Crippen molar-refractivity contribution in [3.63, 3.8) is 0 Å². The topological polar surface area (TPSA) is 68.9 Å². The molecule has 0 aliphatic rings. The third-order valence-electron chi connectivity index (χ3n) is 2.35. The Balaban J connectivity index is 2.65. The largest absolute Gasteiger partial charge is 0.451 e. The van der Waals surface area contributed by atoms with Gasteiger partial charge in [-0.15, -0.1) is 0 Å². The van der Waals surface area contributed by atoms with E-state index < -0.39 is 17.9 Å². The Kier molecular flexibility index (Phi) is 3.20. The van der Waals surface area contributed by atoms with Crippen molar-refractivity contribution in [1.29, 1.82) is 0 Å². The van der Waals surface area contributed by atoms with Crippen molar-refractivity contribution in [3.05, 3.63) is 47.9 Å². The number of benzene rings is 1. The smallest absolute Gasteiger partial charge is 0.365 e. The highest BCUT2D eigenvalue weighted by Gasteiger charge is 2.35. The molecule has 1 heterocycles. The van der Waals surface area contributed by atoms with Crippen molar-refractivity contribution in [2.45, 2.75) is 6.18 Å². The van der Waals surface area contributed by atoms with E-state index in [1.54, 1.807) is 18.2 Å². The summed E-state index contributed by atoms with van der Waals surface area (Å²) in [5.41, 5.74) is 5.19. The molecule has 2 rings (SSSR count). The Hall–Kier alpha value is -2.44. The molecule has 0 atom stereocenters. The van der Waals surface area contributed by atoms with Crippen LogP contribution in [0.25, 0.3) is 11.3 Å². The molecule has 2 N–H and O–H groups in total. The molecular weight excluding hydrogens is 259 g/mol. The van der Waals surface area contributed by atoms with Crippen molar-refractivity contribution in [3.8, 4) is 11.3 Å². The number of hydrogen-bond acceptors (Lipinski definition) is 3. The fourth-order valence-corrected chi connectivity index (χ4v) is 1.51. The van der Waals surface area contributed by atoms with Crippen LogP contribution < -0.4 is 5.73 Å². The van der Waals surface area contributed by atoms with E-state index in [0.717, 1.165) is 6.20 Å². The summed E-state index contributed by atoms with van der Waals surface area (Å²) in [6, 6.07) is 8.01. The molecule has 2 aromatic rings. The van der Waals surface area contributed by atoms with Crippen LogP contribution >= 0.6 is 0 Å². The minimum atomic E-state index is -4.68. The molecule has 1 aromatic carbocycles. The quantitative estimate of drug-likeness (QED) is 0.907. The monoisotopic (exact) mass is 267 g/mol. The number of hydrogen-bond donors (Lipinski definition) is 1. The molecule has 1 amide bonds. The standard InChI is InChI=1S/C12H8F3N3O/c13-12(14,15)11-17-6-8(10(16)19)9(18-11)7-4-2-1-3-5-7/h1-6H,(H2,16,19). The van der Waals surface area contributed by atoms with Crippen LogP contribution in [0.4, 0.5) is 13.2 Å². The van der Waals surface area contributed by atoms with E-state index in [1.165, 1.54) is 12.1 Å². The first-order valence-electron chi connectivity index (χ1n) is 5.19. The highest BCUT2D eigenvalue weighted by atomic mass is 19.4. The zero-order valence-corrected chi connectivity index (χ0v) is 9.48. The Morgan fingerprint density at radius 3 is 2.32 bits per heavy atom. The van der Waals surface area contributed by atoms with Crippen molar-refractivity contribution in [1.82, 2.24) is 9.97 Å². The average Bonchev–Trinajstić information content (AvgIpc) is 2.38. The molecule has 0 aliphatic carbocycles. The normalized spacial score (nSPS) is 11.3. The third-order valence-corrected chi connectivity index (χ3v) is 2.35. The maximum Gasteiger partial charge on any atom is 0.451 e. The van der Waals surface area contributed by atoms with Gasteiger partial charge in [0.05, 0.1) is 11.3 Å². The van der Waals surface area contributed by atoms with Gasteiger partial charge in [-0.3, -0.25) is 4.79 Å². The van der Waals surface area contributed by atoms with Crippen molar-refractivity contribution < 1.29 is 18.0 Å². The van der Waals surface area contributed by atoms with Gasteiger partial charge in [0.25, 0.3) is 5.91 Å². The second-order valence-corrected chi connectivity index (χ2v) is 3.68. The van der Waals surface area contributed by atoms with E-state index in [2.05, 4.69) is 9.97 Å². The molecule has 0 aliphatic heterocycles. The number of aromatic nitrogens is 2. The summed E-state index contributed by atoms with van der Waals surface area (Å²) in [5, 5.41) is 0. The van der Waals surface area contributed by atoms with Gasteiger partial charge in [0.15, 0.2) is 0 Å². The number of halogens is 3. The van der Waals surface area contributed by atoms with Crippen LogP contribution in [0, 0.1) is 0 Å². The molecular formula is C12H8F3N3O. The SMILES string of the molecule is NC(=O)c1cnc(C(F)(F)F)nc1-c1ccccc1. The molecule has 0 fully saturated rings. The number of carbonyl (C=O) groups excluding carboxylic acids is 1. The lowest BCUT2D eigenvalue weighted by molar-refractivity contribution is -0.144. The van der Waals surface area contributed by atoms with Gasteiger partial charge in [0, 0.05) is 11.8 Å². The maximum atomic E-state index is 12.6. The van der Waals surface area contributed by atoms with Crippen molar-refractivity contribution in [2.75, 3.05) is 0 Å². The molecule has 19 heavy (non-hydrogen) atoms. The lowest BCUT2D eigenvalue weighted by atomic mass is 10.1. The molecule has 7 heteroatoms. The van der Waals surface area contributed by atoms with Crippen LogP contribution in [0.3, 0.4) is 0 Å². The van der Waals surface area contributed by atoms with Crippen LogP contribution in [0.2, 0.25) is 0 Å². The molecule has 4 nitrogen and oxygen atoms in total. The number of rotatable bonds is 2. The van der Waals surface area contributed by atoms with Gasteiger partial charge < -0.3 is 5.73 Å². The fourth-order valence-electron chi connectivity index (χ4n) is 1.51. The summed E-state index contributed by atoms with van der Waals surface area (Å²) in [6.45, 7) is 0. The van der Waals surface area contributed by atoms with Crippen LogP contribution in [-0.4, -0.2) is 15.9 Å². The Labute approximate surface area is 106 Å². The van der Waals surface area contributed by atoms with Crippen LogP contribution in [0.15, 0.2) is 36.5 Å². The van der Waals surface area contributed by atoms with E-state index in [0.29, 0.717) is 5.56 Å². The predicted molar refractivity (Wildman–Crippen MR) is 61.0 cm³/mol. The first kappa shape index (κ1) is 13.0. The number of nitrogens with zero attached hydrogens (tertiary/aromatic N) is 2. The van der Waals surface area contributed by atoms with Gasteiger partial charge >= 0.3 is 6.18 Å². The van der Waals surface area contributed by atoms with Crippen LogP contribution in [-0.2, 0) is 6.18 Å². The third kappa shape index (κ3) is 2.70. The van der Waals surface area contributed by atoms with Gasteiger partial charge in [-0.25, -0.2) is 9.97 Å². The second kappa shape index (κ2) is 4.68. The molecule has 0 bridgehead atoms. The van der Waals surface area contributed by atoms with Crippen molar-refractivity contribution in [2.24, 2.45) is 5.73 Å². The fraction of sp³-hybridized carbons (Fsp3) is 0.0833. The summed E-state index contributed by atoms with van der Waals surface area (Å²) in [5.74, 6) is -2.19. The molecule has 0 saturated carbocycles. The minimum absolute atomic E-state index is 0.129. The molecule has 1 aromatic heterocycles. The molecule has 0 spiro atoms. The Morgan fingerprint density at radius 1 is 1.16 bits per heavy atom. The minimum Gasteiger partial charge on any atom is -0.365 e. The highest BCUT2D eigenvalue weighted by Crippen LogP contribution is 2.29. The maximum absolute atomic E-state index is 12.6. The summed E-state index contributed by atoms with van der Waals surface area (Å²) in [7, 11) is 0. The summed E-state index contributed by atoms with van der Waals surface area (Å²) < 4.78 is 37.7. The van der Waals surface area contributed by atoms with E-state index in [-0.39, 0.29) is 11.3 Å². The van der Waals surface area contributed by atoms with Gasteiger partial charge in [0.2, 0.25) is 5.82 Å². The van der Waals surface area contributed by atoms with Crippen LogP contribution in [0.1, 0.15) is 16.2 Å². The average molecular weight is 267 g/mol. The van der Waals surface area contributed by atoms with E-state index in [1.807, 2.05) is 0 Å². The Morgan fingerprint density at radius 2 is 1.79 bits per heavy atom. The number of primary amides is 1. The molecule has 0 radical (unpaired) electrons. The molecule has 0 saturated heterocycles. The van der Waals surface area contributed by atoms with E-state index in [4.69, 9.17) is 5.73 Å².